The Balaban J connectivity index is 2.17. The minimum Gasteiger partial charge on any atom is -0.505 e. The molecule has 1 aliphatic rings. The number of aromatic nitrogens is 1. The van der Waals surface area contributed by atoms with Gasteiger partial charge in [-0.1, -0.05) is 30.9 Å². The first kappa shape index (κ1) is 13.1. The molecule has 0 aliphatic carbocycles. The molecule has 0 atom stereocenters. The second-order valence-corrected chi connectivity index (χ2v) is 4.74. The van der Waals surface area contributed by atoms with Gasteiger partial charge in [-0.25, -0.2) is 4.99 Å². The number of allylic oxidation sites excluding steroid dienone is 2. The number of aromatic amines is 1. The number of nitrogens with one attached hydrogen (secondary N) is 1. The normalized spacial score (nSPS) is 14.8. The summed E-state index contributed by atoms with van der Waals surface area (Å²) in [7, 11) is 0. The Morgan fingerprint density at radius 3 is 2.81 bits per heavy atom. The van der Waals surface area contributed by atoms with Crippen molar-refractivity contribution in [1.29, 1.82) is 0 Å². The number of hydrogen-bond acceptors (Lipinski definition) is 3. The van der Waals surface area contributed by atoms with Gasteiger partial charge in [-0.05, 0) is 25.1 Å². The molecule has 2 aromatic rings. The van der Waals surface area contributed by atoms with Gasteiger partial charge in [-0.3, -0.25) is 4.79 Å². The van der Waals surface area contributed by atoms with Gasteiger partial charge in [0, 0.05) is 16.1 Å². The number of aliphatic imine (C=N–C) groups is 1. The van der Waals surface area contributed by atoms with Crippen LogP contribution in [-0.4, -0.2) is 21.6 Å². The number of Topliss-reactive ketones (excluding diaryl/α,β-unsaturated/α-hetero) is 1. The summed E-state index contributed by atoms with van der Waals surface area (Å²) in [5, 5.41) is 11.3. The SMILES string of the molecule is C=c1c(O)c(C2=Nc3ccccc3C2=O)[nH]c1=CC=CC. The minimum absolute atomic E-state index is 0.0364. The molecule has 0 amide bonds. The fourth-order valence-corrected chi connectivity index (χ4v) is 2.29. The molecule has 0 unspecified atom stereocenters. The van der Waals surface area contributed by atoms with Crippen LogP contribution in [-0.2, 0) is 0 Å². The molecule has 2 heterocycles. The summed E-state index contributed by atoms with van der Waals surface area (Å²) in [6, 6.07) is 7.12. The third kappa shape index (κ3) is 2.01. The quantitative estimate of drug-likeness (QED) is 0.879. The number of nitrogens with zero attached hydrogens (tertiary/aromatic N) is 1. The number of benzene rings is 1. The van der Waals surface area contributed by atoms with Crippen molar-refractivity contribution in [3.8, 4) is 5.75 Å². The van der Waals surface area contributed by atoms with E-state index in [1.807, 2.05) is 25.1 Å². The first-order valence-corrected chi connectivity index (χ1v) is 6.59. The molecular weight excluding hydrogens is 264 g/mol. The van der Waals surface area contributed by atoms with E-state index in [1.165, 1.54) is 0 Å². The average molecular weight is 278 g/mol. The first-order valence-electron chi connectivity index (χ1n) is 6.59. The van der Waals surface area contributed by atoms with Crippen LogP contribution in [0.5, 0.6) is 5.75 Å². The van der Waals surface area contributed by atoms with Crippen molar-refractivity contribution in [3.05, 3.63) is 58.2 Å². The molecule has 4 heteroatoms. The molecule has 0 radical (unpaired) electrons. The van der Waals surface area contributed by atoms with Gasteiger partial charge in [-0.15, -0.1) is 0 Å². The number of carbonyl (C=O) groups excluding carboxylic acids is 1. The Bertz CT molecular complexity index is 901. The van der Waals surface area contributed by atoms with Crippen molar-refractivity contribution in [3.63, 3.8) is 0 Å². The van der Waals surface area contributed by atoms with Gasteiger partial charge in [0.25, 0.3) is 0 Å². The average Bonchev–Trinajstić information content (AvgIpc) is 2.97. The van der Waals surface area contributed by atoms with Crippen molar-refractivity contribution >= 4 is 29.8 Å². The third-order valence-corrected chi connectivity index (χ3v) is 3.40. The van der Waals surface area contributed by atoms with Crippen LogP contribution in [0.3, 0.4) is 0 Å². The fourth-order valence-electron chi connectivity index (χ4n) is 2.29. The summed E-state index contributed by atoms with van der Waals surface area (Å²) in [5.41, 5.74) is 1.71. The summed E-state index contributed by atoms with van der Waals surface area (Å²) in [6.07, 6.45) is 5.49. The Hall–Kier alpha value is -2.88. The second-order valence-electron chi connectivity index (χ2n) is 4.74. The van der Waals surface area contributed by atoms with Crippen molar-refractivity contribution in [1.82, 2.24) is 4.98 Å². The number of rotatable bonds is 2. The zero-order valence-corrected chi connectivity index (χ0v) is 11.6. The predicted octanol–water partition coefficient (Wildman–Crippen LogP) is 1.80. The molecule has 104 valence electrons. The summed E-state index contributed by atoms with van der Waals surface area (Å²) in [6.45, 7) is 5.72. The lowest BCUT2D eigenvalue weighted by atomic mass is 10.1. The van der Waals surface area contributed by atoms with Gasteiger partial charge >= 0.3 is 0 Å². The van der Waals surface area contributed by atoms with Gasteiger partial charge in [-0.2, -0.15) is 0 Å². The number of carbonyl (C=O) groups is 1. The number of fused-ring (bicyclic) bond motifs is 1. The van der Waals surface area contributed by atoms with Crippen LogP contribution in [0.15, 0.2) is 41.4 Å². The smallest absolute Gasteiger partial charge is 0.215 e. The van der Waals surface area contributed by atoms with E-state index in [0.29, 0.717) is 27.5 Å². The highest BCUT2D eigenvalue weighted by atomic mass is 16.3. The molecule has 0 spiro atoms. The summed E-state index contributed by atoms with van der Waals surface area (Å²) in [4.78, 5) is 19.7. The summed E-state index contributed by atoms with van der Waals surface area (Å²) < 4.78 is 0. The number of para-hydroxylation sites is 1. The summed E-state index contributed by atoms with van der Waals surface area (Å²) >= 11 is 0. The standard InChI is InChI=1S/C17H14N2O2/c1-3-4-8-12-10(2)16(20)14(18-12)15-17(21)11-7-5-6-9-13(11)19-15/h3-9,18,20H,2H2,1H3. The topological polar surface area (TPSA) is 65.5 Å². The largest absolute Gasteiger partial charge is 0.505 e. The highest BCUT2D eigenvalue weighted by Crippen LogP contribution is 2.29. The Kier molecular flexibility index (Phi) is 3.06. The van der Waals surface area contributed by atoms with E-state index < -0.39 is 0 Å². The molecule has 0 saturated heterocycles. The van der Waals surface area contributed by atoms with Crippen LogP contribution in [0.1, 0.15) is 23.0 Å². The molecular formula is C17H14N2O2. The van der Waals surface area contributed by atoms with Crippen molar-refractivity contribution in [2.45, 2.75) is 6.92 Å². The molecule has 0 bridgehead atoms. The van der Waals surface area contributed by atoms with Crippen LogP contribution in [0.2, 0.25) is 0 Å². The maximum atomic E-state index is 12.4. The first-order chi connectivity index (χ1) is 10.1. The van der Waals surface area contributed by atoms with Gasteiger partial charge < -0.3 is 10.1 Å². The highest BCUT2D eigenvalue weighted by molar-refractivity contribution is 6.54. The van der Waals surface area contributed by atoms with Crippen LogP contribution in [0.4, 0.5) is 5.69 Å². The van der Waals surface area contributed by atoms with Gasteiger partial charge in [0.1, 0.15) is 17.2 Å². The molecule has 3 rings (SSSR count). The fraction of sp³-hybridized carbons (Fsp3) is 0.0588. The van der Waals surface area contributed by atoms with E-state index in [1.54, 1.807) is 24.3 Å². The monoisotopic (exact) mass is 278 g/mol. The summed E-state index contributed by atoms with van der Waals surface area (Å²) in [5.74, 6) is -0.231. The lowest BCUT2D eigenvalue weighted by Gasteiger charge is -1.96. The lowest BCUT2D eigenvalue weighted by Crippen LogP contribution is -2.20. The van der Waals surface area contributed by atoms with E-state index in [4.69, 9.17) is 0 Å². The van der Waals surface area contributed by atoms with Gasteiger partial charge in [0.15, 0.2) is 0 Å². The van der Waals surface area contributed by atoms with Crippen molar-refractivity contribution in [2.75, 3.05) is 0 Å². The van der Waals surface area contributed by atoms with Crippen molar-refractivity contribution < 1.29 is 9.90 Å². The Labute approximate surface area is 121 Å². The maximum absolute atomic E-state index is 12.4. The molecule has 1 aliphatic heterocycles. The Morgan fingerprint density at radius 2 is 2.10 bits per heavy atom. The van der Waals surface area contributed by atoms with Crippen LogP contribution in [0, 0.1) is 0 Å². The zero-order valence-electron chi connectivity index (χ0n) is 11.6. The van der Waals surface area contributed by atoms with Crippen LogP contribution >= 0.6 is 0 Å². The molecule has 21 heavy (non-hydrogen) atoms. The molecule has 1 aromatic carbocycles. The van der Waals surface area contributed by atoms with Crippen molar-refractivity contribution in [2.24, 2.45) is 4.99 Å². The molecule has 0 saturated carbocycles. The molecule has 1 aromatic heterocycles. The van der Waals surface area contributed by atoms with Gasteiger partial charge in [0.2, 0.25) is 5.78 Å². The van der Waals surface area contributed by atoms with Gasteiger partial charge in [0.05, 0.1) is 5.69 Å². The number of H-pyrrole nitrogens is 1. The minimum atomic E-state index is -0.195. The van der Waals surface area contributed by atoms with E-state index in [9.17, 15) is 9.90 Å². The number of aromatic hydroxyl groups is 1. The maximum Gasteiger partial charge on any atom is 0.215 e. The van der Waals surface area contributed by atoms with Crippen LogP contribution in [0.25, 0.3) is 12.7 Å². The van der Waals surface area contributed by atoms with E-state index >= 15 is 0 Å². The van der Waals surface area contributed by atoms with E-state index in [0.717, 1.165) is 0 Å². The third-order valence-electron chi connectivity index (χ3n) is 3.40. The van der Waals surface area contributed by atoms with Crippen LogP contribution < -0.4 is 10.6 Å². The molecule has 0 fully saturated rings. The lowest BCUT2D eigenvalue weighted by molar-refractivity contribution is 0.106. The van der Waals surface area contributed by atoms with E-state index in [2.05, 4.69) is 16.6 Å². The number of ketones is 1. The highest BCUT2D eigenvalue weighted by Gasteiger charge is 2.28. The molecule has 4 nitrogen and oxygen atoms in total. The predicted molar refractivity (Wildman–Crippen MR) is 83.5 cm³/mol. The van der Waals surface area contributed by atoms with E-state index in [-0.39, 0.29) is 17.2 Å². The molecule has 2 N–H and O–H groups in total. The second kappa shape index (κ2) is 4.90. The Morgan fingerprint density at radius 1 is 1.33 bits per heavy atom. The number of hydrogen-bond donors (Lipinski definition) is 2. The zero-order chi connectivity index (χ0) is 15.0.